The standard InChI is InChI=1S/C13H10N2O3/c16-7-1-2-9-3-5-10(6-4-9)11-8-12(13(17)18)15-14-11/h3-6,8,16H,7H2,(H,14,15)(H,17,18). The van der Waals surface area contributed by atoms with E-state index in [0.717, 1.165) is 11.1 Å². The summed E-state index contributed by atoms with van der Waals surface area (Å²) in [5.41, 5.74) is 2.19. The summed E-state index contributed by atoms with van der Waals surface area (Å²) in [4.78, 5) is 10.7. The lowest BCUT2D eigenvalue weighted by molar-refractivity contribution is 0.0690. The Labute approximate surface area is 103 Å². The molecular formula is C13H10N2O3. The van der Waals surface area contributed by atoms with Crippen LogP contribution in [0.1, 0.15) is 16.1 Å². The number of H-pyrrole nitrogens is 1. The quantitative estimate of drug-likeness (QED) is 0.689. The zero-order valence-corrected chi connectivity index (χ0v) is 9.34. The highest BCUT2D eigenvalue weighted by Crippen LogP contribution is 2.18. The van der Waals surface area contributed by atoms with Crippen molar-refractivity contribution >= 4 is 5.97 Å². The van der Waals surface area contributed by atoms with Gasteiger partial charge in [0.2, 0.25) is 0 Å². The van der Waals surface area contributed by atoms with Crippen LogP contribution >= 0.6 is 0 Å². The largest absolute Gasteiger partial charge is 0.477 e. The monoisotopic (exact) mass is 242 g/mol. The number of aromatic amines is 1. The van der Waals surface area contributed by atoms with E-state index in [9.17, 15) is 4.79 Å². The van der Waals surface area contributed by atoms with Crippen molar-refractivity contribution in [1.82, 2.24) is 10.2 Å². The molecule has 0 saturated heterocycles. The molecule has 90 valence electrons. The Bertz CT molecular complexity index is 618. The van der Waals surface area contributed by atoms with Crippen LogP contribution in [0.2, 0.25) is 0 Å². The Morgan fingerprint density at radius 3 is 2.61 bits per heavy atom. The lowest BCUT2D eigenvalue weighted by atomic mass is 10.1. The second-order valence-electron chi connectivity index (χ2n) is 3.51. The molecule has 0 radical (unpaired) electrons. The van der Waals surface area contributed by atoms with Crippen LogP contribution in [0.4, 0.5) is 0 Å². The Hall–Kier alpha value is -2.58. The summed E-state index contributed by atoms with van der Waals surface area (Å²) < 4.78 is 0. The molecule has 0 saturated carbocycles. The van der Waals surface area contributed by atoms with Crippen molar-refractivity contribution in [3.8, 4) is 23.1 Å². The third-order valence-corrected chi connectivity index (χ3v) is 2.30. The first-order valence-corrected chi connectivity index (χ1v) is 5.19. The van der Waals surface area contributed by atoms with Gasteiger partial charge in [-0.3, -0.25) is 5.10 Å². The van der Waals surface area contributed by atoms with Crippen LogP contribution in [0, 0.1) is 11.8 Å². The van der Waals surface area contributed by atoms with E-state index in [1.54, 1.807) is 24.3 Å². The van der Waals surface area contributed by atoms with Gasteiger partial charge in [0.05, 0.1) is 5.69 Å². The summed E-state index contributed by atoms with van der Waals surface area (Å²) in [5.74, 6) is 4.28. The Morgan fingerprint density at radius 2 is 2.06 bits per heavy atom. The minimum Gasteiger partial charge on any atom is -0.477 e. The van der Waals surface area contributed by atoms with E-state index < -0.39 is 5.97 Å². The van der Waals surface area contributed by atoms with Crippen molar-refractivity contribution < 1.29 is 15.0 Å². The summed E-state index contributed by atoms with van der Waals surface area (Å²) in [5, 5.41) is 23.7. The third kappa shape index (κ3) is 2.56. The molecule has 18 heavy (non-hydrogen) atoms. The van der Waals surface area contributed by atoms with E-state index in [4.69, 9.17) is 10.2 Å². The number of hydrogen-bond acceptors (Lipinski definition) is 3. The first-order chi connectivity index (χ1) is 8.70. The Kier molecular flexibility index (Phi) is 3.41. The molecule has 0 unspecified atom stereocenters. The number of hydrogen-bond donors (Lipinski definition) is 3. The lowest BCUT2D eigenvalue weighted by Crippen LogP contribution is -1.95. The molecule has 0 fully saturated rings. The van der Waals surface area contributed by atoms with Crippen molar-refractivity contribution in [3.63, 3.8) is 0 Å². The van der Waals surface area contributed by atoms with Crippen molar-refractivity contribution in [2.75, 3.05) is 6.61 Å². The lowest BCUT2D eigenvalue weighted by Gasteiger charge is -1.95. The van der Waals surface area contributed by atoms with Crippen LogP contribution in [0.15, 0.2) is 30.3 Å². The van der Waals surface area contributed by atoms with Crippen LogP contribution < -0.4 is 0 Å². The van der Waals surface area contributed by atoms with Crippen LogP contribution in [-0.4, -0.2) is 33.0 Å². The number of nitrogens with one attached hydrogen (secondary N) is 1. The van der Waals surface area contributed by atoms with Gasteiger partial charge in [0.25, 0.3) is 0 Å². The maximum atomic E-state index is 10.7. The predicted octanol–water partition coefficient (Wildman–Crippen LogP) is 1.12. The number of nitrogens with zero attached hydrogens (tertiary/aromatic N) is 1. The molecule has 0 aliphatic rings. The molecule has 2 aromatic rings. The van der Waals surface area contributed by atoms with E-state index in [2.05, 4.69) is 22.0 Å². The smallest absolute Gasteiger partial charge is 0.353 e. The number of carboxylic acid groups (broad SMARTS) is 1. The summed E-state index contributed by atoms with van der Waals surface area (Å²) in [6, 6.07) is 8.63. The molecule has 0 aliphatic carbocycles. The average Bonchev–Trinajstić information content (AvgIpc) is 2.87. The SMILES string of the molecule is O=C(O)c1cc(-c2ccc(C#CCO)cc2)n[nH]1. The van der Waals surface area contributed by atoms with E-state index in [1.165, 1.54) is 6.07 Å². The summed E-state index contributed by atoms with van der Waals surface area (Å²) >= 11 is 0. The summed E-state index contributed by atoms with van der Waals surface area (Å²) in [6.45, 7) is -0.177. The number of aromatic nitrogens is 2. The van der Waals surface area contributed by atoms with Crippen molar-refractivity contribution in [2.24, 2.45) is 0 Å². The molecule has 1 heterocycles. The van der Waals surface area contributed by atoms with E-state index in [1.807, 2.05) is 0 Å². The van der Waals surface area contributed by atoms with E-state index in [-0.39, 0.29) is 12.3 Å². The number of aliphatic hydroxyl groups excluding tert-OH is 1. The maximum Gasteiger partial charge on any atom is 0.353 e. The van der Waals surface area contributed by atoms with Gasteiger partial charge in [-0.2, -0.15) is 5.10 Å². The minimum atomic E-state index is -1.04. The number of benzene rings is 1. The molecule has 0 amide bonds. The fraction of sp³-hybridized carbons (Fsp3) is 0.0769. The van der Waals surface area contributed by atoms with Crippen molar-refractivity contribution in [2.45, 2.75) is 0 Å². The minimum absolute atomic E-state index is 0.0501. The van der Waals surface area contributed by atoms with Crippen LogP contribution in [-0.2, 0) is 0 Å². The molecule has 3 N–H and O–H groups in total. The second kappa shape index (κ2) is 5.17. The molecule has 5 heteroatoms. The molecule has 0 aliphatic heterocycles. The molecular weight excluding hydrogens is 232 g/mol. The van der Waals surface area contributed by atoms with Gasteiger partial charge in [0.15, 0.2) is 0 Å². The number of carbonyl (C=O) groups is 1. The van der Waals surface area contributed by atoms with Gasteiger partial charge in [0.1, 0.15) is 12.3 Å². The van der Waals surface area contributed by atoms with Gasteiger partial charge in [-0.05, 0) is 18.2 Å². The van der Waals surface area contributed by atoms with Gasteiger partial charge in [-0.25, -0.2) is 4.79 Å². The topological polar surface area (TPSA) is 86.2 Å². The van der Waals surface area contributed by atoms with Crippen LogP contribution in [0.3, 0.4) is 0 Å². The third-order valence-electron chi connectivity index (χ3n) is 2.30. The van der Waals surface area contributed by atoms with Gasteiger partial charge in [-0.15, -0.1) is 0 Å². The molecule has 5 nitrogen and oxygen atoms in total. The highest BCUT2D eigenvalue weighted by Gasteiger charge is 2.08. The van der Waals surface area contributed by atoms with E-state index in [0.29, 0.717) is 5.69 Å². The van der Waals surface area contributed by atoms with Crippen molar-refractivity contribution in [1.29, 1.82) is 0 Å². The highest BCUT2D eigenvalue weighted by atomic mass is 16.4. The predicted molar refractivity (Wildman–Crippen MR) is 64.9 cm³/mol. The fourth-order valence-electron chi connectivity index (χ4n) is 1.45. The van der Waals surface area contributed by atoms with Gasteiger partial charge >= 0.3 is 5.97 Å². The van der Waals surface area contributed by atoms with Gasteiger partial charge < -0.3 is 10.2 Å². The van der Waals surface area contributed by atoms with Crippen LogP contribution in [0.25, 0.3) is 11.3 Å². The number of carboxylic acids is 1. The molecule has 1 aromatic heterocycles. The van der Waals surface area contributed by atoms with Crippen molar-refractivity contribution in [3.05, 3.63) is 41.6 Å². The summed E-state index contributed by atoms with van der Waals surface area (Å²) in [6.07, 6.45) is 0. The maximum absolute atomic E-state index is 10.7. The molecule has 0 atom stereocenters. The average molecular weight is 242 g/mol. The zero-order valence-electron chi connectivity index (χ0n) is 9.34. The molecule has 0 bridgehead atoms. The normalized spacial score (nSPS) is 9.61. The fourth-order valence-corrected chi connectivity index (χ4v) is 1.45. The van der Waals surface area contributed by atoms with Gasteiger partial charge in [0, 0.05) is 11.1 Å². The highest BCUT2D eigenvalue weighted by molar-refractivity contribution is 5.86. The van der Waals surface area contributed by atoms with Gasteiger partial charge in [-0.1, -0.05) is 24.0 Å². The second-order valence-corrected chi connectivity index (χ2v) is 3.51. The number of aromatic carboxylic acids is 1. The Morgan fingerprint density at radius 1 is 1.33 bits per heavy atom. The Balaban J connectivity index is 2.25. The number of rotatable bonds is 2. The molecule has 0 spiro atoms. The number of aliphatic hydroxyl groups is 1. The first kappa shape index (κ1) is 11.9. The zero-order chi connectivity index (χ0) is 13.0. The van der Waals surface area contributed by atoms with E-state index >= 15 is 0 Å². The molecule has 2 rings (SSSR count). The molecule has 1 aromatic carbocycles. The first-order valence-electron chi connectivity index (χ1n) is 5.19. The van der Waals surface area contributed by atoms with Crippen LogP contribution in [0.5, 0.6) is 0 Å². The summed E-state index contributed by atoms with van der Waals surface area (Å²) in [7, 11) is 0.